The number of phenolic OH excluding ortho intramolecular Hbond substituents is 1. The molecule has 1 aromatic rings. The van der Waals surface area contributed by atoms with E-state index in [0.29, 0.717) is 24.1 Å². The van der Waals surface area contributed by atoms with Gasteiger partial charge in [-0.1, -0.05) is 11.6 Å². The number of likely N-dealkylation sites (N-methyl/N-ethyl adjacent to an activating group) is 1. The molecular weight excluding hydrogens is 533 g/mol. The maximum Gasteiger partial charge on any atom is 0.255 e. The third-order valence-corrected chi connectivity index (χ3v) is 9.22. The van der Waals surface area contributed by atoms with Gasteiger partial charge in [0.2, 0.25) is 5.78 Å². The number of phenols is 1. The number of Topliss-reactive ketones (excluding diaryl/α,β-unsaturated/α-hetero) is 2. The number of rotatable bonds is 5. The molecule has 1 unspecified atom stereocenters. The normalized spacial score (nSPS) is 31.0. The lowest BCUT2D eigenvalue weighted by molar-refractivity contribution is -0.148. The second-order valence-corrected chi connectivity index (χ2v) is 11.4. The molecule has 5 atom stereocenters. The number of carbonyl (C=O) groups excluding carboxylic acids is 3. The van der Waals surface area contributed by atoms with Crippen LogP contribution in [0, 0.1) is 11.8 Å². The lowest BCUT2D eigenvalue weighted by Gasteiger charge is -2.50. The van der Waals surface area contributed by atoms with Crippen LogP contribution in [0.3, 0.4) is 0 Å². The van der Waals surface area contributed by atoms with Crippen molar-refractivity contribution in [3.63, 3.8) is 0 Å². The molecule has 0 saturated carbocycles. The summed E-state index contributed by atoms with van der Waals surface area (Å²) in [4.78, 5) is 42.6. The van der Waals surface area contributed by atoms with Gasteiger partial charge in [-0.25, -0.2) is 4.39 Å². The fraction of sp³-hybridized carbons (Fsp3) is 0.519. The van der Waals surface area contributed by atoms with Gasteiger partial charge < -0.3 is 26.2 Å². The minimum absolute atomic E-state index is 0.0233. The van der Waals surface area contributed by atoms with Gasteiger partial charge in [-0.2, -0.15) is 0 Å². The minimum atomic E-state index is -2.69. The number of hydrogen-bond acceptors (Lipinski definition) is 9. The summed E-state index contributed by atoms with van der Waals surface area (Å²) in [6, 6.07) is 0.0846. The number of allylic oxidation sites excluding steroid dienone is 1. The van der Waals surface area contributed by atoms with Crippen molar-refractivity contribution in [2.75, 3.05) is 33.9 Å². The Morgan fingerprint density at radius 3 is 2.59 bits per heavy atom. The molecule has 39 heavy (non-hydrogen) atoms. The summed E-state index contributed by atoms with van der Waals surface area (Å²) in [5.74, 6) is -7.11. The van der Waals surface area contributed by atoms with Gasteiger partial charge in [-0.15, -0.1) is 0 Å². The molecule has 6 N–H and O–H groups in total. The van der Waals surface area contributed by atoms with Gasteiger partial charge in [-0.3, -0.25) is 24.2 Å². The van der Waals surface area contributed by atoms with E-state index in [1.54, 1.807) is 14.1 Å². The molecule has 0 bridgehead atoms. The Kier molecular flexibility index (Phi) is 6.77. The summed E-state index contributed by atoms with van der Waals surface area (Å²) in [6.45, 7) is 0.356. The first-order valence-corrected chi connectivity index (χ1v) is 13.2. The molecule has 1 saturated heterocycles. The molecule has 1 heterocycles. The van der Waals surface area contributed by atoms with Crippen molar-refractivity contribution >= 4 is 29.1 Å². The third kappa shape index (κ3) is 3.81. The number of halogens is 2. The number of aromatic hydroxyl groups is 1. The highest BCUT2D eigenvalue weighted by Crippen LogP contribution is 2.53. The van der Waals surface area contributed by atoms with Crippen LogP contribution in [0.2, 0.25) is 5.02 Å². The summed E-state index contributed by atoms with van der Waals surface area (Å²) in [7, 11) is 3.14. The van der Waals surface area contributed by atoms with E-state index >= 15 is 0 Å². The average Bonchev–Trinajstić information content (AvgIpc) is 3.31. The maximum absolute atomic E-state index is 13.8. The quantitative estimate of drug-likeness (QED) is 0.336. The van der Waals surface area contributed by atoms with Crippen LogP contribution in [0.4, 0.5) is 4.39 Å². The zero-order valence-electron chi connectivity index (χ0n) is 21.6. The topological polar surface area (TPSA) is 165 Å². The van der Waals surface area contributed by atoms with E-state index in [-0.39, 0.29) is 47.3 Å². The van der Waals surface area contributed by atoms with E-state index in [4.69, 9.17) is 17.3 Å². The summed E-state index contributed by atoms with van der Waals surface area (Å²) in [5.41, 5.74) is 2.38. The van der Waals surface area contributed by atoms with Gasteiger partial charge in [0.25, 0.3) is 5.91 Å². The number of alkyl halides is 1. The minimum Gasteiger partial charge on any atom is -0.510 e. The lowest BCUT2D eigenvalue weighted by Crippen LogP contribution is -2.63. The maximum atomic E-state index is 13.8. The highest BCUT2D eigenvalue weighted by molar-refractivity contribution is 6.33. The van der Waals surface area contributed by atoms with Gasteiger partial charge in [0, 0.05) is 29.1 Å². The van der Waals surface area contributed by atoms with E-state index in [2.05, 4.69) is 0 Å². The van der Waals surface area contributed by atoms with E-state index in [0.717, 1.165) is 6.42 Å². The number of aliphatic hydroxyl groups is 3. The highest BCUT2D eigenvalue weighted by atomic mass is 35.5. The molecule has 10 nitrogen and oxygen atoms in total. The molecule has 1 amide bonds. The first-order valence-electron chi connectivity index (χ1n) is 12.8. The van der Waals surface area contributed by atoms with Crippen LogP contribution in [0.25, 0.3) is 0 Å². The SMILES string of the molecule is CN(C)[C@@H]1C(O)=C(C(N)=O)C(=O)[C@@]2(O)C(O)=C3C(=O)c4c(O)cc(C5CCCN5CCF)c(Cl)c4C[C@H]3C[C@@H]12. The van der Waals surface area contributed by atoms with Crippen molar-refractivity contribution in [2.45, 2.75) is 43.4 Å². The van der Waals surface area contributed by atoms with Crippen LogP contribution in [0.5, 0.6) is 5.75 Å². The molecule has 1 aromatic carbocycles. The molecule has 12 heteroatoms. The molecule has 1 aliphatic heterocycles. The number of carbonyl (C=O) groups is 3. The largest absolute Gasteiger partial charge is 0.510 e. The summed E-state index contributed by atoms with van der Waals surface area (Å²) < 4.78 is 13.1. The van der Waals surface area contributed by atoms with Crippen LogP contribution >= 0.6 is 11.6 Å². The Balaban J connectivity index is 1.66. The molecule has 210 valence electrons. The Morgan fingerprint density at radius 2 is 1.97 bits per heavy atom. The Labute approximate surface area is 229 Å². The fourth-order valence-electron chi connectivity index (χ4n) is 7.11. The highest BCUT2D eigenvalue weighted by Gasteiger charge is 2.63. The Hall–Kier alpha value is -2.99. The van der Waals surface area contributed by atoms with Crippen molar-refractivity contribution in [3.8, 4) is 5.75 Å². The molecule has 0 radical (unpaired) electrons. The van der Waals surface area contributed by atoms with Crippen molar-refractivity contribution in [3.05, 3.63) is 50.4 Å². The zero-order chi connectivity index (χ0) is 28.5. The number of ketones is 2. The van der Waals surface area contributed by atoms with E-state index in [9.17, 15) is 39.2 Å². The number of nitrogens with two attached hydrogens (primary N) is 1. The molecule has 0 spiro atoms. The van der Waals surface area contributed by atoms with E-state index in [1.807, 2.05) is 4.90 Å². The average molecular weight is 564 g/mol. The van der Waals surface area contributed by atoms with Crippen LogP contribution in [0.15, 0.2) is 28.7 Å². The monoisotopic (exact) mass is 563 g/mol. The van der Waals surface area contributed by atoms with Crippen molar-refractivity contribution < 1.29 is 39.2 Å². The Bertz CT molecular complexity index is 1360. The molecular formula is C27H31ClFN3O7. The number of amides is 1. The van der Waals surface area contributed by atoms with Gasteiger partial charge in [0.05, 0.1) is 11.6 Å². The second-order valence-electron chi connectivity index (χ2n) is 11.0. The number of aliphatic hydroxyl groups excluding tert-OH is 2. The van der Waals surface area contributed by atoms with Crippen molar-refractivity contribution in [1.82, 2.24) is 9.80 Å². The first kappa shape index (κ1) is 27.6. The summed E-state index contributed by atoms with van der Waals surface area (Å²) >= 11 is 6.85. The zero-order valence-corrected chi connectivity index (χ0v) is 22.3. The number of hydrogen-bond donors (Lipinski definition) is 5. The number of primary amides is 1. The van der Waals surface area contributed by atoms with E-state index in [1.165, 1.54) is 11.0 Å². The second kappa shape index (κ2) is 9.58. The number of benzene rings is 1. The predicted molar refractivity (Wildman–Crippen MR) is 138 cm³/mol. The fourth-order valence-corrected chi connectivity index (χ4v) is 7.47. The van der Waals surface area contributed by atoms with Gasteiger partial charge in [-0.05, 0) is 69.4 Å². The number of fused-ring (bicyclic) bond motifs is 3. The summed E-state index contributed by atoms with van der Waals surface area (Å²) in [5, 5.41) is 45.1. The Morgan fingerprint density at radius 1 is 1.28 bits per heavy atom. The van der Waals surface area contributed by atoms with Gasteiger partial charge >= 0.3 is 0 Å². The number of nitrogens with zero attached hydrogens (tertiary/aromatic N) is 2. The van der Waals surface area contributed by atoms with Crippen LogP contribution in [-0.2, 0) is 16.0 Å². The van der Waals surface area contributed by atoms with Crippen LogP contribution < -0.4 is 5.73 Å². The van der Waals surface area contributed by atoms with Crippen LogP contribution in [0.1, 0.15) is 46.8 Å². The van der Waals surface area contributed by atoms with Crippen molar-refractivity contribution in [2.24, 2.45) is 17.6 Å². The smallest absolute Gasteiger partial charge is 0.255 e. The van der Waals surface area contributed by atoms with Gasteiger partial charge in [0.1, 0.15) is 29.5 Å². The molecule has 0 aromatic heterocycles. The third-order valence-electron chi connectivity index (χ3n) is 8.78. The summed E-state index contributed by atoms with van der Waals surface area (Å²) in [6.07, 6.45) is 1.61. The number of likely N-dealkylation sites (tertiary alicyclic amines) is 1. The first-order chi connectivity index (χ1) is 18.4. The molecule has 5 rings (SSSR count). The molecule has 4 aliphatic rings. The molecule has 3 aliphatic carbocycles. The van der Waals surface area contributed by atoms with Gasteiger partial charge in [0.15, 0.2) is 11.4 Å². The molecule has 1 fully saturated rings. The van der Waals surface area contributed by atoms with Crippen LogP contribution in [-0.4, -0.2) is 93.2 Å². The van der Waals surface area contributed by atoms with E-state index < -0.39 is 64.7 Å². The van der Waals surface area contributed by atoms with Crippen molar-refractivity contribution in [1.29, 1.82) is 0 Å². The lowest BCUT2D eigenvalue weighted by atomic mass is 9.58. The predicted octanol–water partition coefficient (Wildman–Crippen LogP) is 1.88. The standard InChI is InChI=1S/C27H31ClFN3O7/c1-31(2)21-14-9-11-8-13-18(16(33)10-12(20(13)28)15-4-3-6-32(15)7-5-29)22(34)17(11)24(36)27(14,39)25(37)19(23(21)35)26(30)38/h10-11,14-15,21,33,35-36,39H,3-9H2,1-2H3,(H2,30,38)/t11-,14-,15?,21-,27-/m0/s1.